The highest BCUT2D eigenvalue weighted by Gasteiger charge is 2.22. The smallest absolute Gasteiger partial charge is 0.309 e. The molecule has 92 valence electrons. The topological polar surface area (TPSA) is 78.4 Å². The molecule has 0 spiro atoms. The molecule has 1 aliphatic rings. The summed E-state index contributed by atoms with van der Waals surface area (Å²) >= 11 is 0. The third kappa shape index (κ3) is 3.81. The van der Waals surface area contributed by atoms with Gasteiger partial charge in [-0.05, 0) is 19.3 Å². The van der Waals surface area contributed by atoms with Gasteiger partial charge in [0.2, 0.25) is 0 Å². The molecule has 16 heavy (non-hydrogen) atoms. The number of rotatable bonds is 4. The summed E-state index contributed by atoms with van der Waals surface area (Å²) < 4.78 is 0. The summed E-state index contributed by atoms with van der Waals surface area (Å²) in [6.07, 6.45) is 4.74. The molecule has 0 aliphatic heterocycles. The van der Waals surface area contributed by atoms with E-state index < -0.39 is 11.8 Å². The average Bonchev–Trinajstić information content (AvgIpc) is 2.78. The standard InChI is InChI=1S/C11H20N2O3/c1-2-8(7-14)12-10(15)11(16)13-9-5-3-4-6-9/h8-9,14H,2-7H2,1H3,(H,12,15)(H,13,16)/t8-/m0/s1. The quantitative estimate of drug-likeness (QED) is 0.589. The lowest BCUT2D eigenvalue weighted by Gasteiger charge is -2.15. The van der Waals surface area contributed by atoms with E-state index in [4.69, 9.17) is 5.11 Å². The van der Waals surface area contributed by atoms with Crippen molar-refractivity contribution in [1.82, 2.24) is 10.6 Å². The van der Waals surface area contributed by atoms with Crippen LogP contribution in [-0.4, -0.2) is 35.6 Å². The van der Waals surface area contributed by atoms with Crippen molar-refractivity contribution in [2.24, 2.45) is 0 Å². The van der Waals surface area contributed by atoms with Crippen LogP contribution in [0, 0.1) is 0 Å². The van der Waals surface area contributed by atoms with Crippen molar-refractivity contribution in [3.05, 3.63) is 0 Å². The first kappa shape index (κ1) is 13.0. The van der Waals surface area contributed by atoms with Crippen molar-refractivity contribution in [2.75, 3.05) is 6.61 Å². The van der Waals surface area contributed by atoms with Gasteiger partial charge >= 0.3 is 11.8 Å². The minimum Gasteiger partial charge on any atom is -0.394 e. The fraction of sp³-hybridized carbons (Fsp3) is 0.818. The normalized spacial score (nSPS) is 18.1. The second-order valence-corrected chi connectivity index (χ2v) is 4.22. The molecule has 1 aliphatic carbocycles. The molecule has 1 rings (SSSR count). The van der Waals surface area contributed by atoms with Crippen LogP contribution in [0.5, 0.6) is 0 Å². The van der Waals surface area contributed by atoms with E-state index in [1.54, 1.807) is 0 Å². The Morgan fingerprint density at radius 2 is 1.94 bits per heavy atom. The zero-order valence-corrected chi connectivity index (χ0v) is 9.66. The van der Waals surface area contributed by atoms with Crippen LogP contribution in [0.2, 0.25) is 0 Å². The maximum absolute atomic E-state index is 11.5. The number of nitrogens with one attached hydrogen (secondary N) is 2. The van der Waals surface area contributed by atoms with Gasteiger partial charge in [-0.2, -0.15) is 0 Å². The van der Waals surface area contributed by atoms with Crippen molar-refractivity contribution < 1.29 is 14.7 Å². The van der Waals surface area contributed by atoms with Crippen LogP contribution in [0.3, 0.4) is 0 Å². The summed E-state index contributed by atoms with van der Waals surface area (Å²) in [6, 6.07) is -0.186. The van der Waals surface area contributed by atoms with Crippen LogP contribution in [0.25, 0.3) is 0 Å². The first-order chi connectivity index (χ1) is 7.67. The van der Waals surface area contributed by atoms with Crippen LogP contribution in [0.15, 0.2) is 0 Å². The van der Waals surface area contributed by atoms with E-state index in [1.807, 2.05) is 6.92 Å². The second-order valence-electron chi connectivity index (χ2n) is 4.22. The van der Waals surface area contributed by atoms with Gasteiger partial charge in [0.05, 0.1) is 12.6 Å². The van der Waals surface area contributed by atoms with Gasteiger partial charge in [-0.15, -0.1) is 0 Å². The Labute approximate surface area is 95.6 Å². The highest BCUT2D eigenvalue weighted by molar-refractivity contribution is 6.35. The number of aliphatic hydroxyl groups is 1. The monoisotopic (exact) mass is 228 g/mol. The van der Waals surface area contributed by atoms with Crippen molar-refractivity contribution in [2.45, 2.75) is 51.1 Å². The molecule has 1 saturated carbocycles. The maximum atomic E-state index is 11.5. The van der Waals surface area contributed by atoms with E-state index in [9.17, 15) is 9.59 Å². The van der Waals surface area contributed by atoms with E-state index in [0.717, 1.165) is 25.7 Å². The summed E-state index contributed by atoms with van der Waals surface area (Å²) in [6.45, 7) is 1.70. The summed E-state index contributed by atoms with van der Waals surface area (Å²) in [5, 5.41) is 14.1. The Morgan fingerprint density at radius 1 is 1.31 bits per heavy atom. The van der Waals surface area contributed by atoms with Gasteiger partial charge < -0.3 is 15.7 Å². The highest BCUT2D eigenvalue weighted by Crippen LogP contribution is 2.17. The Hall–Kier alpha value is -1.10. The number of hydrogen-bond acceptors (Lipinski definition) is 3. The zero-order chi connectivity index (χ0) is 12.0. The van der Waals surface area contributed by atoms with Crippen LogP contribution in [0.4, 0.5) is 0 Å². The Morgan fingerprint density at radius 3 is 2.44 bits per heavy atom. The molecular formula is C11H20N2O3. The third-order valence-electron chi connectivity index (χ3n) is 2.95. The Balaban J connectivity index is 2.32. The second kappa shape index (κ2) is 6.48. The van der Waals surface area contributed by atoms with Gasteiger partial charge in [-0.1, -0.05) is 19.8 Å². The van der Waals surface area contributed by atoms with Gasteiger partial charge in [0, 0.05) is 6.04 Å². The molecule has 3 N–H and O–H groups in total. The lowest BCUT2D eigenvalue weighted by Crippen LogP contribution is -2.47. The van der Waals surface area contributed by atoms with Gasteiger partial charge in [-0.25, -0.2) is 0 Å². The largest absolute Gasteiger partial charge is 0.394 e. The molecular weight excluding hydrogens is 208 g/mol. The van der Waals surface area contributed by atoms with Gasteiger partial charge in [0.15, 0.2) is 0 Å². The fourth-order valence-corrected chi connectivity index (χ4v) is 1.85. The molecule has 1 fully saturated rings. The van der Waals surface area contributed by atoms with Crippen molar-refractivity contribution >= 4 is 11.8 Å². The molecule has 0 unspecified atom stereocenters. The number of carbonyl (C=O) groups is 2. The van der Waals surface area contributed by atoms with Crippen molar-refractivity contribution in [3.63, 3.8) is 0 Å². The van der Waals surface area contributed by atoms with Crippen molar-refractivity contribution in [3.8, 4) is 0 Å². The summed E-state index contributed by atoms with van der Waals surface area (Å²) in [5.41, 5.74) is 0. The van der Waals surface area contributed by atoms with Crippen molar-refractivity contribution in [1.29, 1.82) is 0 Å². The molecule has 1 atom stereocenters. The molecule has 0 bridgehead atoms. The molecule has 5 heteroatoms. The third-order valence-corrected chi connectivity index (χ3v) is 2.95. The van der Waals surface area contributed by atoms with E-state index in [2.05, 4.69) is 10.6 Å². The Bertz CT molecular complexity index is 232. The maximum Gasteiger partial charge on any atom is 0.309 e. The summed E-state index contributed by atoms with van der Waals surface area (Å²) in [4.78, 5) is 22.9. The van der Waals surface area contributed by atoms with Gasteiger partial charge in [-0.3, -0.25) is 9.59 Å². The van der Waals surface area contributed by atoms with Gasteiger partial charge in [0.1, 0.15) is 0 Å². The molecule has 5 nitrogen and oxygen atoms in total. The molecule has 0 aromatic heterocycles. The molecule has 2 amide bonds. The highest BCUT2D eigenvalue weighted by atomic mass is 16.3. The summed E-state index contributed by atoms with van der Waals surface area (Å²) in [5.74, 6) is -1.23. The van der Waals surface area contributed by atoms with E-state index >= 15 is 0 Å². The van der Waals surface area contributed by atoms with Crippen LogP contribution in [-0.2, 0) is 9.59 Å². The number of amides is 2. The number of hydrogen-bond donors (Lipinski definition) is 3. The predicted octanol–water partition coefficient (Wildman–Crippen LogP) is -0.0677. The van der Waals surface area contributed by atoms with Crippen LogP contribution in [0.1, 0.15) is 39.0 Å². The molecule has 0 aromatic carbocycles. The molecule has 0 radical (unpaired) electrons. The minimum atomic E-state index is -0.646. The summed E-state index contributed by atoms with van der Waals surface area (Å²) in [7, 11) is 0. The van der Waals surface area contributed by atoms with E-state index in [0.29, 0.717) is 6.42 Å². The molecule has 0 aromatic rings. The lowest BCUT2D eigenvalue weighted by atomic mass is 10.2. The van der Waals surface area contributed by atoms with E-state index in [-0.39, 0.29) is 18.7 Å². The SMILES string of the molecule is CC[C@@H](CO)NC(=O)C(=O)NC1CCCC1. The fourth-order valence-electron chi connectivity index (χ4n) is 1.85. The lowest BCUT2D eigenvalue weighted by molar-refractivity contribution is -0.140. The van der Waals surface area contributed by atoms with Gasteiger partial charge in [0.25, 0.3) is 0 Å². The minimum absolute atomic E-state index is 0.140. The van der Waals surface area contributed by atoms with Crippen LogP contribution < -0.4 is 10.6 Å². The average molecular weight is 228 g/mol. The van der Waals surface area contributed by atoms with E-state index in [1.165, 1.54) is 0 Å². The first-order valence-corrected chi connectivity index (χ1v) is 5.89. The zero-order valence-electron chi connectivity index (χ0n) is 9.66. The number of carbonyl (C=O) groups excluding carboxylic acids is 2. The first-order valence-electron chi connectivity index (χ1n) is 5.89. The Kier molecular flexibility index (Phi) is 5.25. The molecule has 0 saturated heterocycles. The van der Waals surface area contributed by atoms with Crippen LogP contribution >= 0.6 is 0 Å². The predicted molar refractivity (Wildman–Crippen MR) is 59.7 cm³/mol. The number of aliphatic hydroxyl groups excluding tert-OH is 1. The molecule has 0 heterocycles.